The molecule has 0 aliphatic carbocycles. The molecule has 0 spiro atoms. The first-order chi connectivity index (χ1) is 12.0. The minimum absolute atomic E-state index is 0. The number of anilines is 2. The largest absolute Gasteiger partial charge is 0.380 e. The van der Waals surface area contributed by atoms with Crippen molar-refractivity contribution in [2.24, 2.45) is 5.73 Å². The molecule has 7 heteroatoms. The van der Waals surface area contributed by atoms with Crippen LogP contribution < -0.4 is 16.0 Å². The Balaban J connectivity index is 0.00000338. The molecule has 140 valence electrons. The Morgan fingerprint density at radius 2 is 1.85 bits per heavy atom. The summed E-state index contributed by atoms with van der Waals surface area (Å²) in [5.74, 6) is -0.364. The van der Waals surface area contributed by atoms with E-state index in [2.05, 4.69) is 5.32 Å². The minimum Gasteiger partial charge on any atom is -0.380 e. The van der Waals surface area contributed by atoms with Crippen molar-refractivity contribution in [2.75, 3.05) is 30.9 Å². The van der Waals surface area contributed by atoms with Crippen molar-refractivity contribution in [3.63, 3.8) is 0 Å². The van der Waals surface area contributed by atoms with Crippen LogP contribution in [-0.2, 0) is 9.53 Å². The van der Waals surface area contributed by atoms with E-state index < -0.39 is 0 Å². The highest BCUT2D eigenvalue weighted by molar-refractivity contribution is 6.06. The normalized spacial score (nSPS) is 11.2. The Kier molecular flexibility index (Phi) is 8.78. The van der Waals surface area contributed by atoms with Crippen LogP contribution in [0.25, 0.3) is 0 Å². The van der Waals surface area contributed by atoms with E-state index in [1.54, 1.807) is 36.2 Å². The van der Waals surface area contributed by atoms with Crippen molar-refractivity contribution >= 4 is 35.6 Å². The highest BCUT2D eigenvalue weighted by atomic mass is 35.5. The maximum Gasteiger partial charge on any atom is 0.258 e. The van der Waals surface area contributed by atoms with Gasteiger partial charge in [-0.3, -0.25) is 9.59 Å². The first kappa shape index (κ1) is 21.6. The Morgan fingerprint density at radius 1 is 1.15 bits per heavy atom. The number of methoxy groups -OCH3 is 1. The van der Waals surface area contributed by atoms with Gasteiger partial charge >= 0.3 is 0 Å². The van der Waals surface area contributed by atoms with Crippen LogP contribution >= 0.6 is 12.4 Å². The van der Waals surface area contributed by atoms with Crippen molar-refractivity contribution in [2.45, 2.75) is 12.5 Å². The number of halogens is 1. The molecule has 3 N–H and O–H groups in total. The number of ether oxygens (including phenoxy) is 1. The lowest BCUT2D eigenvalue weighted by atomic mass is 10.1. The summed E-state index contributed by atoms with van der Waals surface area (Å²) in [5.41, 5.74) is 7.37. The van der Waals surface area contributed by atoms with E-state index in [1.807, 2.05) is 30.3 Å². The number of carbonyl (C=O) groups excluding carboxylic acids is 2. The first-order valence-corrected chi connectivity index (χ1v) is 8.01. The quantitative estimate of drug-likeness (QED) is 0.776. The molecule has 0 saturated carbocycles. The summed E-state index contributed by atoms with van der Waals surface area (Å²) in [6.07, 6.45) is -0.163. The number of nitrogens with two attached hydrogens (primary N) is 1. The van der Waals surface area contributed by atoms with Gasteiger partial charge in [0.2, 0.25) is 5.91 Å². The number of nitrogens with one attached hydrogen (secondary N) is 1. The number of amides is 2. The van der Waals surface area contributed by atoms with Crippen LogP contribution in [0, 0.1) is 0 Å². The van der Waals surface area contributed by atoms with Crippen LogP contribution in [0.4, 0.5) is 11.4 Å². The van der Waals surface area contributed by atoms with Crippen molar-refractivity contribution in [3.05, 3.63) is 60.2 Å². The topological polar surface area (TPSA) is 84.7 Å². The number of rotatable bonds is 7. The van der Waals surface area contributed by atoms with Gasteiger partial charge in [0.25, 0.3) is 5.91 Å². The number of carbonyl (C=O) groups is 2. The molecule has 1 unspecified atom stereocenters. The molecular formula is C19H24ClN3O3. The number of nitrogens with zero attached hydrogens (tertiary/aromatic N) is 1. The standard InChI is InChI=1S/C19H23N3O3.ClH/c1-22(16-9-4-3-5-10-16)19(24)14-7-6-8-15(11-14)21-18(23)12-17(13-20)25-2;/h3-11,17H,12-13,20H2,1-2H3,(H,21,23);1H. The average molecular weight is 378 g/mol. The van der Waals surface area contributed by atoms with E-state index >= 15 is 0 Å². The Morgan fingerprint density at radius 3 is 2.46 bits per heavy atom. The maximum absolute atomic E-state index is 12.6. The van der Waals surface area contributed by atoms with Gasteiger partial charge in [-0.15, -0.1) is 12.4 Å². The fourth-order valence-electron chi connectivity index (χ4n) is 2.37. The third-order valence-electron chi connectivity index (χ3n) is 3.85. The fraction of sp³-hybridized carbons (Fsp3) is 0.263. The van der Waals surface area contributed by atoms with E-state index in [0.29, 0.717) is 11.3 Å². The molecule has 2 amide bonds. The lowest BCUT2D eigenvalue weighted by molar-refractivity contribution is -0.118. The lowest BCUT2D eigenvalue weighted by Crippen LogP contribution is -2.28. The third kappa shape index (κ3) is 5.84. The molecule has 6 nitrogen and oxygen atoms in total. The molecule has 2 rings (SSSR count). The van der Waals surface area contributed by atoms with Gasteiger partial charge < -0.3 is 20.7 Å². The monoisotopic (exact) mass is 377 g/mol. The summed E-state index contributed by atoms with van der Waals surface area (Å²) in [6.45, 7) is 0.268. The van der Waals surface area contributed by atoms with Gasteiger partial charge in [0.1, 0.15) is 0 Å². The predicted octanol–water partition coefficient (Wildman–Crippen LogP) is 2.69. The Bertz CT molecular complexity index is 721. The molecule has 0 radical (unpaired) electrons. The van der Waals surface area contributed by atoms with Crippen LogP contribution in [0.1, 0.15) is 16.8 Å². The summed E-state index contributed by atoms with van der Waals surface area (Å²) >= 11 is 0. The van der Waals surface area contributed by atoms with Gasteiger partial charge in [-0.2, -0.15) is 0 Å². The molecule has 0 aliphatic heterocycles. The smallest absolute Gasteiger partial charge is 0.258 e. The Labute approximate surface area is 159 Å². The van der Waals surface area contributed by atoms with Gasteiger partial charge in [-0.25, -0.2) is 0 Å². The van der Waals surface area contributed by atoms with Crippen LogP contribution in [0.3, 0.4) is 0 Å². The number of para-hydroxylation sites is 1. The van der Waals surface area contributed by atoms with Crippen molar-refractivity contribution in [1.82, 2.24) is 0 Å². The lowest BCUT2D eigenvalue weighted by Gasteiger charge is -2.18. The minimum atomic E-state index is -0.325. The zero-order chi connectivity index (χ0) is 18.2. The van der Waals surface area contributed by atoms with Crippen LogP contribution in [-0.4, -0.2) is 38.6 Å². The van der Waals surface area contributed by atoms with Crippen LogP contribution in [0.5, 0.6) is 0 Å². The summed E-state index contributed by atoms with van der Waals surface area (Å²) in [5, 5.41) is 2.77. The highest BCUT2D eigenvalue weighted by Gasteiger charge is 2.15. The molecular weight excluding hydrogens is 354 g/mol. The number of hydrogen-bond donors (Lipinski definition) is 2. The van der Waals surface area contributed by atoms with E-state index in [0.717, 1.165) is 5.69 Å². The van der Waals surface area contributed by atoms with Crippen LogP contribution in [0.2, 0.25) is 0 Å². The van der Waals surface area contributed by atoms with Crippen molar-refractivity contribution in [3.8, 4) is 0 Å². The summed E-state index contributed by atoms with van der Waals surface area (Å²) in [4.78, 5) is 26.2. The predicted molar refractivity (Wildman–Crippen MR) is 106 cm³/mol. The second-order valence-corrected chi connectivity index (χ2v) is 5.63. The molecule has 0 heterocycles. The molecule has 0 aromatic heterocycles. The van der Waals surface area contributed by atoms with E-state index in [-0.39, 0.29) is 43.3 Å². The molecule has 1 atom stereocenters. The average Bonchev–Trinajstić information content (AvgIpc) is 2.65. The molecule has 2 aromatic carbocycles. The van der Waals surface area contributed by atoms with Crippen LogP contribution in [0.15, 0.2) is 54.6 Å². The Hall–Kier alpha value is -2.41. The summed E-state index contributed by atoms with van der Waals surface area (Å²) < 4.78 is 5.10. The first-order valence-electron chi connectivity index (χ1n) is 8.01. The molecule has 2 aromatic rings. The van der Waals surface area contributed by atoms with Gasteiger partial charge in [0.05, 0.1) is 12.5 Å². The number of hydrogen-bond acceptors (Lipinski definition) is 4. The highest BCUT2D eigenvalue weighted by Crippen LogP contribution is 2.17. The van der Waals surface area contributed by atoms with Crippen molar-refractivity contribution in [1.29, 1.82) is 0 Å². The molecule has 0 fully saturated rings. The van der Waals surface area contributed by atoms with Gasteiger partial charge in [-0.05, 0) is 30.3 Å². The zero-order valence-electron chi connectivity index (χ0n) is 14.8. The zero-order valence-corrected chi connectivity index (χ0v) is 15.7. The molecule has 0 saturated heterocycles. The number of benzene rings is 2. The molecule has 0 bridgehead atoms. The summed E-state index contributed by atoms with van der Waals surface area (Å²) in [7, 11) is 3.23. The van der Waals surface area contributed by atoms with Gasteiger partial charge in [0.15, 0.2) is 0 Å². The van der Waals surface area contributed by atoms with E-state index in [1.165, 1.54) is 7.11 Å². The summed E-state index contributed by atoms with van der Waals surface area (Å²) in [6, 6.07) is 16.2. The molecule has 0 aliphatic rings. The third-order valence-corrected chi connectivity index (χ3v) is 3.85. The fourth-order valence-corrected chi connectivity index (χ4v) is 2.37. The maximum atomic E-state index is 12.6. The van der Waals surface area contributed by atoms with E-state index in [4.69, 9.17) is 10.5 Å². The van der Waals surface area contributed by atoms with Gasteiger partial charge in [0, 0.05) is 37.6 Å². The second-order valence-electron chi connectivity index (χ2n) is 5.63. The van der Waals surface area contributed by atoms with Gasteiger partial charge in [-0.1, -0.05) is 24.3 Å². The second kappa shape index (κ2) is 10.6. The SMILES string of the molecule is COC(CN)CC(=O)Nc1cccc(C(=O)N(C)c2ccccc2)c1.Cl. The van der Waals surface area contributed by atoms with Crippen molar-refractivity contribution < 1.29 is 14.3 Å². The molecule has 26 heavy (non-hydrogen) atoms. The van der Waals surface area contributed by atoms with E-state index in [9.17, 15) is 9.59 Å².